The molecule has 1 rings (SSSR count). The standard InChI is InChI=1S/C10H14BrClN2O3S/c1-17-10-8(11)5-7(12)6-9(10)18(15,16)14-4-2-3-13/h5-6,14H,2-4,13H2,1H3. The highest BCUT2D eigenvalue weighted by Gasteiger charge is 2.21. The lowest BCUT2D eigenvalue weighted by atomic mass is 10.3. The fraction of sp³-hybridized carbons (Fsp3) is 0.400. The van der Waals surface area contributed by atoms with E-state index in [1.807, 2.05) is 0 Å². The van der Waals surface area contributed by atoms with Crippen LogP contribution in [-0.4, -0.2) is 28.6 Å². The highest BCUT2D eigenvalue weighted by Crippen LogP contribution is 2.35. The van der Waals surface area contributed by atoms with Gasteiger partial charge in [-0.3, -0.25) is 0 Å². The van der Waals surface area contributed by atoms with Crippen LogP contribution in [0.4, 0.5) is 0 Å². The number of nitrogens with two attached hydrogens (primary N) is 1. The van der Waals surface area contributed by atoms with E-state index in [4.69, 9.17) is 22.1 Å². The molecule has 3 N–H and O–H groups in total. The van der Waals surface area contributed by atoms with Gasteiger partial charge in [-0.1, -0.05) is 11.6 Å². The molecule has 0 saturated carbocycles. The molecule has 0 radical (unpaired) electrons. The second-order valence-corrected chi connectivity index (χ2v) is 6.49. The van der Waals surface area contributed by atoms with Crippen LogP contribution >= 0.6 is 27.5 Å². The first-order valence-electron chi connectivity index (χ1n) is 5.15. The highest BCUT2D eigenvalue weighted by atomic mass is 79.9. The van der Waals surface area contributed by atoms with Crippen LogP contribution in [-0.2, 0) is 10.0 Å². The van der Waals surface area contributed by atoms with Gasteiger partial charge in [-0.05, 0) is 41.0 Å². The van der Waals surface area contributed by atoms with Crippen molar-refractivity contribution in [1.82, 2.24) is 4.72 Å². The minimum absolute atomic E-state index is 0.00129. The van der Waals surface area contributed by atoms with E-state index in [2.05, 4.69) is 20.7 Å². The molecule has 18 heavy (non-hydrogen) atoms. The summed E-state index contributed by atoms with van der Waals surface area (Å²) in [5.41, 5.74) is 5.31. The second kappa shape index (κ2) is 6.72. The summed E-state index contributed by atoms with van der Waals surface area (Å²) in [6.07, 6.45) is 0.559. The van der Waals surface area contributed by atoms with Gasteiger partial charge in [0.25, 0.3) is 0 Å². The largest absolute Gasteiger partial charge is 0.494 e. The Morgan fingerprint density at radius 3 is 2.72 bits per heavy atom. The lowest BCUT2D eigenvalue weighted by molar-refractivity contribution is 0.399. The second-order valence-electron chi connectivity index (χ2n) is 3.46. The molecule has 0 atom stereocenters. The summed E-state index contributed by atoms with van der Waals surface area (Å²) < 4.78 is 32.2. The van der Waals surface area contributed by atoms with Crippen molar-refractivity contribution in [2.75, 3.05) is 20.2 Å². The molecule has 0 aliphatic rings. The molecule has 0 heterocycles. The number of rotatable bonds is 6. The van der Waals surface area contributed by atoms with Crippen LogP contribution in [0.1, 0.15) is 6.42 Å². The van der Waals surface area contributed by atoms with E-state index in [0.717, 1.165) is 0 Å². The van der Waals surface area contributed by atoms with Gasteiger partial charge in [0.2, 0.25) is 10.0 Å². The molecule has 5 nitrogen and oxygen atoms in total. The molecule has 0 aliphatic carbocycles. The summed E-state index contributed by atoms with van der Waals surface area (Å²) in [6, 6.07) is 2.91. The normalized spacial score (nSPS) is 11.6. The fourth-order valence-electron chi connectivity index (χ4n) is 1.32. The maximum Gasteiger partial charge on any atom is 0.244 e. The molecule has 8 heteroatoms. The van der Waals surface area contributed by atoms with Crippen molar-refractivity contribution in [1.29, 1.82) is 0 Å². The van der Waals surface area contributed by atoms with Crippen molar-refractivity contribution in [3.8, 4) is 5.75 Å². The Hall–Kier alpha value is -0.340. The maximum atomic E-state index is 12.1. The number of methoxy groups -OCH3 is 1. The number of hydrogen-bond donors (Lipinski definition) is 2. The first-order chi connectivity index (χ1) is 8.42. The average molecular weight is 358 g/mol. The fourth-order valence-corrected chi connectivity index (χ4v) is 3.78. The Balaban J connectivity index is 3.14. The maximum absolute atomic E-state index is 12.1. The number of nitrogens with one attached hydrogen (secondary N) is 1. The lowest BCUT2D eigenvalue weighted by Crippen LogP contribution is -2.26. The van der Waals surface area contributed by atoms with Crippen LogP contribution in [0.5, 0.6) is 5.75 Å². The molecule has 0 unspecified atom stereocenters. The minimum Gasteiger partial charge on any atom is -0.494 e. The van der Waals surface area contributed by atoms with Crippen LogP contribution in [0.3, 0.4) is 0 Å². The summed E-state index contributed by atoms with van der Waals surface area (Å²) in [5.74, 6) is 0.222. The van der Waals surface area contributed by atoms with Gasteiger partial charge in [0.05, 0.1) is 11.6 Å². The van der Waals surface area contributed by atoms with Gasteiger partial charge < -0.3 is 10.5 Å². The molecule has 1 aromatic carbocycles. The Bertz CT molecular complexity index is 522. The molecule has 0 aromatic heterocycles. The van der Waals surface area contributed by atoms with Gasteiger partial charge in [-0.2, -0.15) is 0 Å². The molecule has 0 amide bonds. The van der Waals surface area contributed by atoms with Crippen molar-refractivity contribution in [2.45, 2.75) is 11.3 Å². The summed E-state index contributed by atoms with van der Waals surface area (Å²) in [5, 5.41) is 0.307. The van der Waals surface area contributed by atoms with Crippen LogP contribution in [0.15, 0.2) is 21.5 Å². The number of hydrogen-bond acceptors (Lipinski definition) is 4. The Kier molecular flexibility index (Phi) is 5.87. The van der Waals surface area contributed by atoms with Crippen LogP contribution in [0.25, 0.3) is 0 Å². The van der Waals surface area contributed by atoms with E-state index in [-0.39, 0.29) is 17.2 Å². The lowest BCUT2D eigenvalue weighted by Gasteiger charge is -2.12. The molecule has 0 aliphatic heterocycles. The Morgan fingerprint density at radius 2 is 2.17 bits per heavy atom. The third-order valence-corrected chi connectivity index (χ3v) is 4.41. The summed E-state index contributed by atoms with van der Waals surface area (Å²) in [6.45, 7) is 0.686. The van der Waals surface area contributed by atoms with Gasteiger partial charge in [0, 0.05) is 11.6 Å². The van der Waals surface area contributed by atoms with Gasteiger partial charge >= 0.3 is 0 Å². The highest BCUT2D eigenvalue weighted by molar-refractivity contribution is 9.10. The zero-order valence-corrected chi connectivity index (χ0v) is 12.9. The van der Waals surface area contributed by atoms with E-state index < -0.39 is 10.0 Å². The predicted molar refractivity (Wildman–Crippen MR) is 74.6 cm³/mol. The topological polar surface area (TPSA) is 81.4 Å². The number of sulfonamides is 1. The Labute approximate surface area is 120 Å². The van der Waals surface area contributed by atoms with E-state index in [9.17, 15) is 8.42 Å². The first kappa shape index (κ1) is 15.7. The third-order valence-electron chi connectivity index (χ3n) is 2.14. The molecule has 0 saturated heterocycles. The van der Waals surface area contributed by atoms with Gasteiger partial charge in [-0.15, -0.1) is 0 Å². The van der Waals surface area contributed by atoms with Crippen LogP contribution < -0.4 is 15.2 Å². The average Bonchev–Trinajstić information content (AvgIpc) is 2.28. The van der Waals surface area contributed by atoms with Crippen molar-refractivity contribution in [3.63, 3.8) is 0 Å². The van der Waals surface area contributed by atoms with Gasteiger partial charge in [0.1, 0.15) is 4.90 Å². The summed E-state index contributed by atoms with van der Waals surface area (Å²) in [7, 11) is -2.27. The molecule has 0 spiro atoms. The van der Waals surface area contributed by atoms with Crippen LogP contribution in [0, 0.1) is 0 Å². The summed E-state index contributed by atoms with van der Waals surface area (Å²) >= 11 is 9.06. The number of halogens is 2. The number of benzene rings is 1. The zero-order valence-electron chi connectivity index (χ0n) is 9.74. The van der Waals surface area contributed by atoms with Gasteiger partial charge in [0.15, 0.2) is 5.75 Å². The third kappa shape index (κ3) is 3.83. The van der Waals surface area contributed by atoms with E-state index in [1.54, 1.807) is 6.07 Å². The van der Waals surface area contributed by atoms with Crippen molar-refractivity contribution >= 4 is 37.6 Å². The minimum atomic E-state index is -3.67. The molecule has 0 bridgehead atoms. The molecular formula is C10H14BrClN2O3S. The van der Waals surface area contributed by atoms with Crippen molar-refractivity contribution < 1.29 is 13.2 Å². The quantitative estimate of drug-likeness (QED) is 0.760. The zero-order chi connectivity index (χ0) is 13.8. The first-order valence-corrected chi connectivity index (χ1v) is 7.80. The molecule has 1 aromatic rings. The Morgan fingerprint density at radius 1 is 1.50 bits per heavy atom. The smallest absolute Gasteiger partial charge is 0.244 e. The predicted octanol–water partition coefficient (Wildman–Crippen LogP) is 1.74. The SMILES string of the molecule is COc1c(Br)cc(Cl)cc1S(=O)(=O)NCCCN. The number of ether oxygens (including phenoxy) is 1. The monoisotopic (exact) mass is 356 g/mol. The van der Waals surface area contributed by atoms with Crippen molar-refractivity contribution in [3.05, 3.63) is 21.6 Å². The molecule has 0 fully saturated rings. The van der Waals surface area contributed by atoms with Crippen molar-refractivity contribution in [2.24, 2.45) is 5.73 Å². The van der Waals surface area contributed by atoms with Crippen LogP contribution in [0.2, 0.25) is 5.02 Å². The molecule has 102 valence electrons. The van der Waals surface area contributed by atoms with E-state index >= 15 is 0 Å². The summed E-state index contributed by atoms with van der Waals surface area (Å²) in [4.78, 5) is 0.00129. The van der Waals surface area contributed by atoms with E-state index in [1.165, 1.54) is 13.2 Å². The molecular weight excluding hydrogens is 344 g/mol. The van der Waals surface area contributed by atoms with Gasteiger partial charge in [-0.25, -0.2) is 13.1 Å². The van der Waals surface area contributed by atoms with E-state index in [0.29, 0.717) is 22.5 Å².